The van der Waals surface area contributed by atoms with Crippen molar-refractivity contribution in [2.45, 2.75) is 20.5 Å². The van der Waals surface area contributed by atoms with Gasteiger partial charge in [-0.15, -0.1) is 0 Å². The molecule has 0 bridgehead atoms. The van der Waals surface area contributed by atoms with E-state index in [0.29, 0.717) is 16.3 Å². The number of carbonyl (C=O) groups is 1. The van der Waals surface area contributed by atoms with Gasteiger partial charge in [0.25, 0.3) is 5.89 Å². The molecule has 0 aliphatic rings. The first-order valence-corrected chi connectivity index (χ1v) is 8.44. The van der Waals surface area contributed by atoms with Crippen molar-refractivity contribution in [3.8, 4) is 17.1 Å². The Kier molecular flexibility index (Phi) is 5.71. The highest BCUT2D eigenvalue weighted by atomic mass is 35.5. The number of hydrogen-bond acceptors (Lipinski definition) is 6. The first kappa shape index (κ1) is 18.8. The quantitative estimate of drug-likeness (QED) is 0.585. The third-order valence-electron chi connectivity index (χ3n) is 3.69. The maximum Gasteiger partial charge on any atom is 0.344 e. The summed E-state index contributed by atoms with van der Waals surface area (Å²) in [5.41, 5.74) is 2.25. The topological polar surface area (TPSA) is 74.5 Å². The fourth-order valence-corrected chi connectivity index (χ4v) is 2.80. The molecule has 0 saturated heterocycles. The van der Waals surface area contributed by atoms with Crippen LogP contribution in [-0.2, 0) is 16.1 Å². The summed E-state index contributed by atoms with van der Waals surface area (Å²) in [6.45, 7) is 3.24. The summed E-state index contributed by atoms with van der Waals surface area (Å²) in [6, 6.07) is 9.16. The molecule has 0 aliphatic heterocycles. The Hall–Kier alpha value is -2.93. The number of carbonyl (C=O) groups excluding carboxylic acids is 1. The molecule has 140 valence electrons. The van der Waals surface area contributed by atoms with E-state index in [0.717, 1.165) is 11.1 Å². The number of benzene rings is 2. The van der Waals surface area contributed by atoms with Crippen LogP contribution < -0.4 is 4.74 Å². The van der Waals surface area contributed by atoms with Crippen molar-refractivity contribution in [2.75, 3.05) is 6.61 Å². The number of aromatic nitrogens is 2. The highest BCUT2D eigenvalue weighted by Gasteiger charge is 2.13. The van der Waals surface area contributed by atoms with Gasteiger partial charge in [-0.3, -0.25) is 0 Å². The van der Waals surface area contributed by atoms with Crippen molar-refractivity contribution in [1.29, 1.82) is 0 Å². The summed E-state index contributed by atoms with van der Waals surface area (Å²) in [7, 11) is 0. The molecular weight excluding hydrogens is 375 g/mol. The molecule has 0 radical (unpaired) electrons. The largest absolute Gasteiger partial charge is 0.481 e. The minimum Gasteiger partial charge on any atom is -0.481 e. The second kappa shape index (κ2) is 8.18. The maximum absolute atomic E-state index is 12.9. The van der Waals surface area contributed by atoms with E-state index in [1.54, 1.807) is 12.1 Å². The van der Waals surface area contributed by atoms with E-state index in [1.165, 1.54) is 24.3 Å². The lowest BCUT2D eigenvalue weighted by Gasteiger charge is -2.11. The molecule has 6 nitrogen and oxygen atoms in total. The van der Waals surface area contributed by atoms with Crippen LogP contribution in [0.15, 0.2) is 40.9 Å². The summed E-state index contributed by atoms with van der Waals surface area (Å²) < 4.78 is 28.6. The van der Waals surface area contributed by atoms with Gasteiger partial charge in [-0.1, -0.05) is 16.8 Å². The third kappa shape index (κ3) is 4.83. The lowest BCUT2D eigenvalue weighted by Crippen LogP contribution is -2.15. The van der Waals surface area contributed by atoms with Gasteiger partial charge < -0.3 is 14.0 Å². The molecule has 8 heteroatoms. The van der Waals surface area contributed by atoms with Gasteiger partial charge in [0.15, 0.2) is 13.2 Å². The van der Waals surface area contributed by atoms with E-state index >= 15 is 0 Å². The molecule has 0 aliphatic carbocycles. The second-order valence-electron chi connectivity index (χ2n) is 5.84. The lowest BCUT2D eigenvalue weighted by molar-refractivity contribution is -0.148. The van der Waals surface area contributed by atoms with Gasteiger partial charge in [0.2, 0.25) is 5.82 Å². The fourth-order valence-electron chi connectivity index (χ4n) is 2.47. The van der Waals surface area contributed by atoms with Crippen LogP contribution in [0.25, 0.3) is 11.4 Å². The highest BCUT2D eigenvalue weighted by Crippen LogP contribution is 2.27. The Morgan fingerprint density at radius 2 is 1.85 bits per heavy atom. The molecular formula is C19H16ClFN2O4. The summed E-state index contributed by atoms with van der Waals surface area (Å²) in [5.74, 6) is 0.0619. The number of halogens is 2. The zero-order valence-corrected chi connectivity index (χ0v) is 15.4. The van der Waals surface area contributed by atoms with Gasteiger partial charge >= 0.3 is 5.97 Å². The number of ether oxygens (including phenoxy) is 2. The van der Waals surface area contributed by atoms with Gasteiger partial charge in [-0.2, -0.15) is 4.98 Å². The second-order valence-corrected chi connectivity index (χ2v) is 6.27. The van der Waals surface area contributed by atoms with E-state index in [-0.39, 0.29) is 30.7 Å². The molecule has 0 N–H and O–H groups in total. The molecule has 0 unspecified atom stereocenters. The van der Waals surface area contributed by atoms with Crippen LogP contribution in [0.2, 0.25) is 5.02 Å². The van der Waals surface area contributed by atoms with Crippen LogP contribution in [0.3, 0.4) is 0 Å². The third-order valence-corrected chi connectivity index (χ3v) is 3.90. The van der Waals surface area contributed by atoms with Gasteiger partial charge in [0, 0.05) is 10.6 Å². The number of esters is 1. The fraction of sp³-hybridized carbons (Fsp3) is 0.211. The molecule has 3 rings (SSSR count). The molecule has 2 aromatic carbocycles. The number of rotatable bonds is 6. The summed E-state index contributed by atoms with van der Waals surface area (Å²) >= 11 is 5.97. The molecule has 0 spiro atoms. The van der Waals surface area contributed by atoms with E-state index in [4.69, 9.17) is 25.6 Å². The van der Waals surface area contributed by atoms with Crippen molar-refractivity contribution in [1.82, 2.24) is 10.1 Å². The number of hydrogen-bond donors (Lipinski definition) is 0. The van der Waals surface area contributed by atoms with Crippen LogP contribution in [0.5, 0.6) is 5.75 Å². The van der Waals surface area contributed by atoms with E-state index < -0.39 is 5.97 Å². The van der Waals surface area contributed by atoms with Gasteiger partial charge in [-0.25, -0.2) is 9.18 Å². The molecule has 0 amide bonds. The summed E-state index contributed by atoms with van der Waals surface area (Å²) in [4.78, 5) is 16.0. The van der Waals surface area contributed by atoms with E-state index in [9.17, 15) is 9.18 Å². The van der Waals surface area contributed by atoms with Crippen LogP contribution in [0.1, 0.15) is 17.0 Å². The monoisotopic (exact) mass is 390 g/mol. The predicted octanol–water partition coefficient (Wildman–Crippen LogP) is 4.27. The predicted molar refractivity (Wildman–Crippen MR) is 95.9 cm³/mol. The van der Waals surface area contributed by atoms with Crippen LogP contribution in [0.4, 0.5) is 4.39 Å². The van der Waals surface area contributed by atoms with Crippen molar-refractivity contribution in [3.63, 3.8) is 0 Å². The molecule has 1 heterocycles. The van der Waals surface area contributed by atoms with Crippen LogP contribution >= 0.6 is 11.6 Å². The minimum absolute atomic E-state index is 0.126. The van der Waals surface area contributed by atoms with E-state index in [1.807, 2.05) is 13.8 Å². The van der Waals surface area contributed by atoms with Gasteiger partial charge in [-0.05, 0) is 61.4 Å². The number of aryl methyl sites for hydroxylation is 2. The first-order valence-electron chi connectivity index (χ1n) is 8.06. The smallest absolute Gasteiger partial charge is 0.344 e. The zero-order valence-electron chi connectivity index (χ0n) is 14.7. The zero-order chi connectivity index (χ0) is 19.4. The minimum atomic E-state index is -0.578. The Labute approximate surface area is 159 Å². The summed E-state index contributed by atoms with van der Waals surface area (Å²) in [5, 5.41) is 4.38. The molecule has 0 fully saturated rings. The average Bonchev–Trinajstić information content (AvgIpc) is 3.08. The normalized spacial score (nSPS) is 10.7. The van der Waals surface area contributed by atoms with Crippen molar-refractivity contribution in [2.24, 2.45) is 0 Å². The number of nitrogens with zero attached hydrogens (tertiary/aromatic N) is 2. The Balaban J connectivity index is 1.53. The van der Waals surface area contributed by atoms with Gasteiger partial charge in [0.1, 0.15) is 11.6 Å². The van der Waals surface area contributed by atoms with Crippen molar-refractivity contribution < 1.29 is 23.2 Å². The lowest BCUT2D eigenvalue weighted by atomic mass is 10.1. The Bertz CT molecular complexity index is 934. The Morgan fingerprint density at radius 3 is 2.52 bits per heavy atom. The molecule has 27 heavy (non-hydrogen) atoms. The highest BCUT2D eigenvalue weighted by molar-refractivity contribution is 6.30. The molecule has 1 aromatic heterocycles. The first-order chi connectivity index (χ1) is 12.9. The SMILES string of the molecule is Cc1cc(Cl)cc(C)c1OCC(=O)OCc1nc(-c2ccc(F)cc2)no1. The van der Waals surface area contributed by atoms with Crippen molar-refractivity contribution in [3.05, 3.63) is 64.3 Å². The molecule has 0 saturated carbocycles. The Morgan fingerprint density at radius 1 is 1.19 bits per heavy atom. The van der Waals surface area contributed by atoms with Crippen LogP contribution in [0, 0.1) is 19.7 Å². The summed E-state index contributed by atoms with van der Waals surface area (Å²) in [6.07, 6.45) is 0. The van der Waals surface area contributed by atoms with Gasteiger partial charge in [0.05, 0.1) is 0 Å². The molecule has 3 aromatic rings. The average molecular weight is 391 g/mol. The van der Waals surface area contributed by atoms with E-state index in [2.05, 4.69) is 10.1 Å². The molecule has 0 atom stereocenters. The van der Waals surface area contributed by atoms with Crippen LogP contribution in [-0.4, -0.2) is 22.7 Å². The standard InChI is InChI=1S/C19H16ClFN2O4/c1-11-7-14(20)8-12(2)18(11)26-10-17(24)25-9-16-22-19(23-27-16)13-3-5-15(21)6-4-13/h3-8H,9-10H2,1-2H3. The maximum atomic E-state index is 12.9. The van der Waals surface area contributed by atoms with Crippen molar-refractivity contribution >= 4 is 17.6 Å².